The fraction of sp³-hybridized carbons (Fsp3) is 0.348. The molecule has 0 fully saturated rings. The van der Waals surface area contributed by atoms with Crippen LogP contribution >= 0.6 is 0 Å². The fourth-order valence-electron chi connectivity index (χ4n) is 3.47. The number of halogens is 1. The maximum Gasteiger partial charge on any atom is 0.273 e. The van der Waals surface area contributed by atoms with Crippen LogP contribution in [0.1, 0.15) is 59.5 Å². The van der Waals surface area contributed by atoms with Gasteiger partial charge in [-0.25, -0.2) is 0 Å². The maximum atomic E-state index is 13.1. The first-order valence-corrected chi connectivity index (χ1v) is 10.1. The van der Waals surface area contributed by atoms with Gasteiger partial charge in [-0.2, -0.15) is 5.10 Å². The molecule has 0 spiro atoms. The lowest BCUT2D eigenvalue weighted by atomic mass is 9.92. The summed E-state index contributed by atoms with van der Waals surface area (Å²) in [6.45, 7) is 4.03. The van der Waals surface area contributed by atoms with Crippen LogP contribution in [0.4, 0.5) is 4.39 Å². The molecule has 2 amide bonds. The molecule has 3 aromatic rings. The highest BCUT2D eigenvalue weighted by Crippen LogP contribution is 2.24. The molecule has 0 saturated carbocycles. The number of nitrogens with two attached hydrogens (primary N) is 1. The van der Waals surface area contributed by atoms with E-state index in [-0.39, 0.29) is 12.6 Å². The van der Waals surface area contributed by atoms with E-state index >= 15 is 0 Å². The molecule has 0 atom stereocenters. The number of rotatable bonds is 9. The predicted molar refractivity (Wildman–Crippen MR) is 115 cm³/mol. The molecule has 0 aliphatic heterocycles. The molecule has 0 unspecified atom stereocenters. The van der Waals surface area contributed by atoms with E-state index in [9.17, 15) is 14.0 Å². The van der Waals surface area contributed by atoms with Crippen molar-refractivity contribution in [3.05, 3.63) is 65.4 Å². The minimum Gasteiger partial charge on any atom is -0.366 e. The Kier molecular flexibility index (Phi) is 6.50. The van der Waals surface area contributed by atoms with E-state index < -0.39 is 11.4 Å². The second-order valence-corrected chi connectivity index (χ2v) is 7.86. The molecule has 0 saturated heterocycles. The van der Waals surface area contributed by atoms with E-state index in [0.29, 0.717) is 24.2 Å². The third-order valence-corrected chi connectivity index (χ3v) is 5.17. The van der Waals surface area contributed by atoms with Gasteiger partial charge in [0.05, 0.1) is 17.7 Å². The van der Waals surface area contributed by atoms with E-state index in [1.54, 1.807) is 18.2 Å². The molecule has 30 heavy (non-hydrogen) atoms. The highest BCUT2D eigenvalue weighted by atomic mass is 19.1. The lowest BCUT2D eigenvalue weighted by Crippen LogP contribution is -2.41. The number of primary amides is 1. The fourth-order valence-corrected chi connectivity index (χ4v) is 3.47. The number of aromatic nitrogens is 2. The van der Waals surface area contributed by atoms with Crippen LogP contribution in [-0.2, 0) is 12.1 Å². The van der Waals surface area contributed by atoms with Gasteiger partial charge < -0.3 is 11.1 Å². The first-order valence-electron chi connectivity index (χ1n) is 10.1. The van der Waals surface area contributed by atoms with Crippen LogP contribution < -0.4 is 11.1 Å². The van der Waals surface area contributed by atoms with Crippen molar-refractivity contribution in [1.82, 2.24) is 15.1 Å². The van der Waals surface area contributed by atoms with Crippen molar-refractivity contribution in [2.75, 3.05) is 6.67 Å². The van der Waals surface area contributed by atoms with Crippen LogP contribution in [0.5, 0.6) is 0 Å². The van der Waals surface area contributed by atoms with Crippen LogP contribution in [0.2, 0.25) is 0 Å². The number of benzene rings is 2. The van der Waals surface area contributed by atoms with Crippen molar-refractivity contribution in [3.8, 4) is 0 Å². The number of nitrogens with zero attached hydrogens (tertiary/aromatic N) is 2. The highest BCUT2D eigenvalue weighted by molar-refractivity contribution is 6.05. The molecule has 3 rings (SSSR count). The van der Waals surface area contributed by atoms with Gasteiger partial charge >= 0.3 is 0 Å². The number of aryl methyl sites for hydroxylation is 1. The number of nitrogens with one attached hydrogen (secondary N) is 1. The normalized spacial score (nSPS) is 11.6. The Hall–Kier alpha value is -3.22. The zero-order chi connectivity index (χ0) is 21.7. The van der Waals surface area contributed by atoms with E-state index in [2.05, 4.69) is 10.4 Å². The van der Waals surface area contributed by atoms with Crippen molar-refractivity contribution >= 4 is 22.7 Å². The van der Waals surface area contributed by atoms with Crippen molar-refractivity contribution in [1.29, 1.82) is 0 Å². The lowest BCUT2D eigenvalue weighted by molar-refractivity contribution is 0.0907. The Bertz CT molecular complexity index is 1060. The number of alkyl halides is 1. The van der Waals surface area contributed by atoms with Crippen molar-refractivity contribution < 1.29 is 14.0 Å². The van der Waals surface area contributed by atoms with Crippen molar-refractivity contribution in [2.24, 2.45) is 5.73 Å². The predicted octanol–water partition coefficient (Wildman–Crippen LogP) is 3.94. The second kappa shape index (κ2) is 9.07. The molecular weight excluding hydrogens is 383 g/mol. The van der Waals surface area contributed by atoms with Gasteiger partial charge in [0.25, 0.3) is 5.91 Å². The minimum absolute atomic E-state index is 0.303. The summed E-state index contributed by atoms with van der Waals surface area (Å²) in [6, 6.07) is 14.5. The quantitative estimate of drug-likeness (QED) is 0.524. The van der Waals surface area contributed by atoms with Gasteiger partial charge in [0.15, 0.2) is 5.69 Å². The van der Waals surface area contributed by atoms with E-state index in [0.717, 1.165) is 29.3 Å². The van der Waals surface area contributed by atoms with Gasteiger partial charge in [-0.1, -0.05) is 30.3 Å². The first kappa shape index (κ1) is 21.5. The minimum atomic E-state index is -0.742. The number of carbonyl (C=O) groups is 2. The summed E-state index contributed by atoms with van der Waals surface area (Å²) >= 11 is 0. The Morgan fingerprint density at radius 2 is 1.87 bits per heavy atom. The molecule has 1 aromatic heterocycles. The zero-order valence-electron chi connectivity index (χ0n) is 17.3. The number of hydrogen-bond acceptors (Lipinski definition) is 3. The summed E-state index contributed by atoms with van der Waals surface area (Å²) in [6.07, 6.45) is 2.10. The third-order valence-electron chi connectivity index (χ3n) is 5.17. The highest BCUT2D eigenvalue weighted by Gasteiger charge is 2.27. The Morgan fingerprint density at radius 1 is 1.10 bits per heavy atom. The van der Waals surface area contributed by atoms with Gasteiger partial charge in [0.2, 0.25) is 5.91 Å². The first-order chi connectivity index (χ1) is 14.3. The molecule has 6 nitrogen and oxygen atoms in total. The van der Waals surface area contributed by atoms with Gasteiger partial charge in [0, 0.05) is 17.5 Å². The molecule has 0 bridgehead atoms. The Labute approximate surface area is 175 Å². The lowest BCUT2D eigenvalue weighted by Gasteiger charge is -2.27. The number of fused-ring (bicyclic) bond motifs is 1. The Morgan fingerprint density at radius 3 is 2.60 bits per heavy atom. The maximum absolute atomic E-state index is 13.1. The van der Waals surface area contributed by atoms with Crippen molar-refractivity contribution in [3.63, 3.8) is 0 Å². The summed E-state index contributed by atoms with van der Waals surface area (Å²) < 4.78 is 14.2. The summed E-state index contributed by atoms with van der Waals surface area (Å²) in [5.74, 6) is -0.820. The van der Waals surface area contributed by atoms with Crippen molar-refractivity contribution in [2.45, 2.75) is 45.2 Å². The third kappa shape index (κ3) is 4.67. The molecule has 0 aliphatic rings. The van der Waals surface area contributed by atoms with E-state index in [4.69, 9.17) is 5.73 Å². The van der Waals surface area contributed by atoms with E-state index in [1.807, 2.05) is 48.9 Å². The molecule has 158 valence electrons. The van der Waals surface area contributed by atoms with Crippen LogP contribution in [0.3, 0.4) is 0 Å². The van der Waals surface area contributed by atoms with Gasteiger partial charge in [-0.05, 0) is 56.9 Å². The smallest absolute Gasteiger partial charge is 0.273 e. The molecule has 0 aliphatic carbocycles. The number of unbranched alkanes of at least 4 members (excludes halogenated alkanes) is 2. The van der Waals surface area contributed by atoms with Gasteiger partial charge in [-0.15, -0.1) is 0 Å². The standard InChI is InChI=1S/C23H27FN4O2/c1-23(2,17-10-8-9-16(15-17)21(25)29)26-22(30)20-18-11-4-5-12-19(18)28(27-20)14-7-3-6-13-24/h4-5,8-12,15H,3,6-7,13-14H2,1-2H3,(H2,25,29)(H,26,30). The number of amides is 2. The molecule has 0 radical (unpaired) electrons. The summed E-state index contributed by atoms with van der Waals surface area (Å²) in [4.78, 5) is 24.6. The molecule has 3 N–H and O–H groups in total. The summed E-state index contributed by atoms with van der Waals surface area (Å²) in [5, 5.41) is 8.33. The number of carbonyl (C=O) groups excluding carboxylic acids is 2. The largest absolute Gasteiger partial charge is 0.366 e. The second-order valence-electron chi connectivity index (χ2n) is 7.86. The van der Waals surface area contributed by atoms with Crippen LogP contribution in [0, 0.1) is 0 Å². The number of hydrogen-bond donors (Lipinski definition) is 2. The zero-order valence-corrected chi connectivity index (χ0v) is 17.3. The molecular formula is C23H27FN4O2. The summed E-state index contributed by atoms with van der Waals surface area (Å²) in [7, 11) is 0. The monoisotopic (exact) mass is 410 g/mol. The average molecular weight is 410 g/mol. The van der Waals surface area contributed by atoms with Crippen LogP contribution in [0.15, 0.2) is 48.5 Å². The van der Waals surface area contributed by atoms with Gasteiger partial charge in [-0.3, -0.25) is 18.7 Å². The number of para-hydroxylation sites is 1. The Balaban J connectivity index is 1.86. The van der Waals surface area contributed by atoms with Crippen LogP contribution in [0.25, 0.3) is 10.9 Å². The SMILES string of the molecule is CC(C)(NC(=O)c1nn(CCCCCF)c2ccccc12)c1cccc(C(N)=O)c1. The molecule has 2 aromatic carbocycles. The summed E-state index contributed by atoms with van der Waals surface area (Å²) in [5.41, 5.74) is 7.01. The van der Waals surface area contributed by atoms with Crippen LogP contribution in [-0.4, -0.2) is 28.3 Å². The molecule has 1 heterocycles. The molecule has 7 heteroatoms. The van der Waals surface area contributed by atoms with E-state index in [1.165, 1.54) is 0 Å². The van der Waals surface area contributed by atoms with Gasteiger partial charge in [0.1, 0.15) is 0 Å². The average Bonchev–Trinajstić information content (AvgIpc) is 3.10. The topological polar surface area (TPSA) is 90.0 Å².